The minimum Gasteiger partial charge on any atom is -0.494 e. The Kier molecular flexibility index (Phi) is 8.48. The second-order valence-electron chi connectivity index (χ2n) is 6.15. The Balaban J connectivity index is 2.12. The highest BCUT2D eigenvalue weighted by Crippen LogP contribution is 2.36. The second-order valence-corrected chi connectivity index (χ2v) is 6.96. The van der Waals surface area contributed by atoms with Gasteiger partial charge in [-0.3, -0.25) is 4.79 Å². The summed E-state index contributed by atoms with van der Waals surface area (Å²) < 4.78 is 12.1. The molecular weight excluding hydrogens is 414 g/mol. The van der Waals surface area contributed by atoms with Crippen LogP contribution in [-0.2, 0) is 4.79 Å². The summed E-state index contributed by atoms with van der Waals surface area (Å²) in [7, 11) is 1.49. The number of ether oxygens (including phenoxy) is 2. The van der Waals surface area contributed by atoms with Crippen LogP contribution in [-0.4, -0.2) is 25.7 Å². The molecule has 2 N–H and O–H groups in total. The Labute approximate surface area is 180 Å². The third-order valence-corrected chi connectivity index (χ3v) is 4.58. The van der Waals surface area contributed by atoms with Crippen molar-refractivity contribution < 1.29 is 19.1 Å². The van der Waals surface area contributed by atoms with Gasteiger partial charge >= 0.3 is 6.03 Å². The molecule has 156 valence electrons. The smallest absolute Gasteiger partial charge is 0.336 e. The van der Waals surface area contributed by atoms with Gasteiger partial charge in [0.15, 0.2) is 0 Å². The molecular formula is C20H24ClN3O4S. The number of halogens is 1. The second kappa shape index (κ2) is 10.8. The number of rotatable bonds is 8. The Morgan fingerprint density at radius 3 is 2.41 bits per heavy atom. The van der Waals surface area contributed by atoms with Crippen molar-refractivity contribution in [2.45, 2.75) is 26.7 Å². The van der Waals surface area contributed by atoms with Crippen LogP contribution in [0.5, 0.6) is 11.5 Å². The quantitative estimate of drug-likeness (QED) is 0.383. The number of carbonyl (C=O) groups is 2. The normalized spacial score (nSPS) is 10.2. The van der Waals surface area contributed by atoms with Gasteiger partial charge in [-0.1, -0.05) is 37.8 Å². The number of unbranched alkanes of at least 4 members (excludes halogenated alkanes) is 1. The first-order valence-corrected chi connectivity index (χ1v) is 9.81. The lowest BCUT2D eigenvalue weighted by atomic mass is 10.2. The number of benzene rings is 2. The van der Waals surface area contributed by atoms with E-state index < -0.39 is 6.03 Å². The molecule has 0 saturated heterocycles. The number of nitrogens with zero attached hydrogens (tertiary/aromatic N) is 1. The molecule has 0 spiro atoms. The molecule has 2 aromatic carbocycles. The molecule has 0 fully saturated rings. The average molecular weight is 438 g/mol. The number of anilines is 3. The molecule has 0 atom stereocenters. The lowest BCUT2D eigenvalue weighted by Gasteiger charge is -2.19. The maximum Gasteiger partial charge on any atom is 0.336 e. The van der Waals surface area contributed by atoms with Gasteiger partial charge in [-0.05, 0) is 36.8 Å². The Morgan fingerprint density at radius 1 is 1.14 bits per heavy atom. The predicted octanol–water partition coefficient (Wildman–Crippen LogP) is 5.37. The third kappa shape index (κ3) is 6.47. The van der Waals surface area contributed by atoms with E-state index in [0.29, 0.717) is 40.2 Å². The van der Waals surface area contributed by atoms with Crippen molar-refractivity contribution in [2.24, 2.45) is 0 Å². The van der Waals surface area contributed by atoms with Crippen molar-refractivity contribution in [1.29, 1.82) is 0 Å². The fourth-order valence-corrected chi connectivity index (χ4v) is 2.81. The molecule has 0 radical (unpaired) electrons. The average Bonchev–Trinajstić information content (AvgIpc) is 2.69. The lowest BCUT2D eigenvalue weighted by Crippen LogP contribution is -2.27. The summed E-state index contributed by atoms with van der Waals surface area (Å²) in [6.45, 7) is 4.04. The zero-order chi connectivity index (χ0) is 21.4. The highest BCUT2D eigenvalue weighted by Gasteiger charge is 2.17. The van der Waals surface area contributed by atoms with Gasteiger partial charge in [-0.15, -0.1) is 0 Å². The first-order chi connectivity index (χ1) is 13.8. The van der Waals surface area contributed by atoms with Crippen LogP contribution in [0.1, 0.15) is 26.7 Å². The van der Waals surface area contributed by atoms with Crippen LogP contribution >= 0.6 is 24.4 Å². The number of methoxy groups -OCH3 is 1. The van der Waals surface area contributed by atoms with E-state index in [1.807, 2.05) is 0 Å². The zero-order valence-electron chi connectivity index (χ0n) is 16.5. The molecule has 0 aliphatic heterocycles. The van der Waals surface area contributed by atoms with E-state index in [1.165, 1.54) is 14.0 Å². The first kappa shape index (κ1) is 22.7. The van der Waals surface area contributed by atoms with Gasteiger partial charge in [0.25, 0.3) is 0 Å². The van der Waals surface area contributed by atoms with Crippen LogP contribution in [0.15, 0.2) is 36.4 Å². The molecule has 7 nitrogen and oxygen atoms in total. The van der Waals surface area contributed by atoms with Gasteiger partial charge in [0.1, 0.15) is 11.5 Å². The molecule has 2 rings (SSSR count). The van der Waals surface area contributed by atoms with Crippen LogP contribution < -0.4 is 24.4 Å². The lowest BCUT2D eigenvalue weighted by molar-refractivity contribution is -0.114. The molecule has 0 saturated carbocycles. The van der Waals surface area contributed by atoms with E-state index in [1.54, 1.807) is 36.4 Å². The van der Waals surface area contributed by atoms with E-state index in [0.717, 1.165) is 17.1 Å². The molecule has 0 aliphatic carbocycles. The third-order valence-electron chi connectivity index (χ3n) is 3.88. The molecule has 29 heavy (non-hydrogen) atoms. The monoisotopic (exact) mass is 437 g/mol. The topological polar surface area (TPSA) is 79.9 Å². The van der Waals surface area contributed by atoms with Crippen molar-refractivity contribution in [1.82, 2.24) is 0 Å². The van der Waals surface area contributed by atoms with Gasteiger partial charge in [0.05, 0.1) is 30.1 Å². The fraction of sp³-hybridized carbons (Fsp3) is 0.300. The van der Waals surface area contributed by atoms with E-state index in [-0.39, 0.29) is 5.91 Å². The summed E-state index contributed by atoms with van der Waals surface area (Å²) >= 11 is 10.5. The standard InChI is InChI=1S/C20H24ClN3O4S/c1-4-5-10-28-18-12-19(27-3)17(11-16(18)21)23-20(26)24(29)15-8-6-14(7-9-15)22-13(2)25/h6-9,11-12,29H,4-5,10H2,1-3H3,(H,22,25)(H,23,26). The molecule has 2 aromatic rings. The van der Waals surface area contributed by atoms with Gasteiger partial charge in [0, 0.05) is 18.7 Å². The maximum atomic E-state index is 12.6. The minimum absolute atomic E-state index is 0.177. The van der Waals surface area contributed by atoms with E-state index in [9.17, 15) is 9.59 Å². The van der Waals surface area contributed by atoms with Crippen molar-refractivity contribution in [2.75, 3.05) is 28.7 Å². The predicted molar refractivity (Wildman–Crippen MR) is 120 cm³/mol. The van der Waals surface area contributed by atoms with Crippen molar-refractivity contribution >= 4 is 53.4 Å². The van der Waals surface area contributed by atoms with Gasteiger partial charge in [-0.25, -0.2) is 9.10 Å². The Morgan fingerprint density at radius 2 is 1.83 bits per heavy atom. The Hall–Kier alpha value is -2.58. The van der Waals surface area contributed by atoms with Crippen LogP contribution in [0.3, 0.4) is 0 Å². The maximum absolute atomic E-state index is 12.6. The van der Waals surface area contributed by atoms with Crippen molar-refractivity contribution in [3.63, 3.8) is 0 Å². The number of nitrogens with one attached hydrogen (secondary N) is 2. The molecule has 9 heteroatoms. The largest absolute Gasteiger partial charge is 0.494 e. The number of carbonyl (C=O) groups excluding carboxylic acids is 2. The summed E-state index contributed by atoms with van der Waals surface area (Å²) in [6, 6.07) is 9.37. The van der Waals surface area contributed by atoms with Gasteiger partial charge < -0.3 is 20.1 Å². The summed E-state index contributed by atoms with van der Waals surface area (Å²) in [5, 5.41) is 5.74. The van der Waals surface area contributed by atoms with Crippen LogP contribution in [0.4, 0.5) is 21.9 Å². The number of urea groups is 1. The van der Waals surface area contributed by atoms with Crippen molar-refractivity contribution in [3.05, 3.63) is 41.4 Å². The highest BCUT2D eigenvalue weighted by molar-refractivity contribution is 7.82. The summed E-state index contributed by atoms with van der Waals surface area (Å²) in [5.41, 5.74) is 1.53. The molecule has 3 amide bonds. The number of amides is 3. The van der Waals surface area contributed by atoms with Crippen LogP contribution in [0.2, 0.25) is 5.02 Å². The number of hydrogen-bond donors (Lipinski definition) is 3. The highest BCUT2D eigenvalue weighted by atomic mass is 35.5. The molecule has 0 unspecified atom stereocenters. The fourth-order valence-electron chi connectivity index (χ4n) is 2.41. The van der Waals surface area contributed by atoms with Crippen molar-refractivity contribution in [3.8, 4) is 11.5 Å². The van der Waals surface area contributed by atoms with E-state index >= 15 is 0 Å². The number of thiol groups is 1. The van der Waals surface area contributed by atoms with E-state index in [2.05, 4.69) is 30.4 Å². The summed E-state index contributed by atoms with van der Waals surface area (Å²) in [6.07, 6.45) is 1.92. The summed E-state index contributed by atoms with van der Waals surface area (Å²) in [4.78, 5) is 23.7. The van der Waals surface area contributed by atoms with Crippen LogP contribution in [0, 0.1) is 0 Å². The molecule has 0 aliphatic rings. The summed E-state index contributed by atoms with van der Waals surface area (Å²) in [5.74, 6) is 0.729. The van der Waals surface area contributed by atoms with E-state index in [4.69, 9.17) is 21.1 Å². The SMILES string of the molecule is CCCCOc1cc(OC)c(NC(=O)N(S)c2ccc(NC(C)=O)cc2)cc1Cl. The van der Waals surface area contributed by atoms with Gasteiger partial charge in [-0.2, -0.15) is 0 Å². The zero-order valence-corrected chi connectivity index (χ0v) is 18.1. The van der Waals surface area contributed by atoms with Gasteiger partial charge in [0.2, 0.25) is 5.91 Å². The molecule has 0 heterocycles. The first-order valence-electron chi connectivity index (χ1n) is 9.03. The Bertz CT molecular complexity index is 862. The minimum atomic E-state index is -0.505. The number of hydrogen-bond acceptors (Lipinski definition) is 5. The molecule has 0 bridgehead atoms. The molecule has 0 aromatic heterocycles. The van der Waals surface area contributed by atoms with Crippen LogP contribution in [0.25, 0.3) is 0 Å².